The monoisotopic (exact) mass is 493 g/mol. The summed E-state index contributed by atoms with van der Waals surface area (Å²) in [5.74, 6) is 4.92. The number of rotatable bonds is 8. The van der Waals surface area contributed by atoms with Gasteiger partial charge in [-0.15, -0.1) is 0 Å². The van der Waals surface area contributed by atoms with Gasteiger partial charge in [-0.05, 0) is 86.5 Å². The molecule has 0 saturated heterocycles. The van der Waals surface area contributed by atoms with Crippen molar-refractivity contribution in [2.45, 2.75) is 58.2 Å². The molecule has 4 bridgehead atoms. The van der Waals surface area contributed by atoms with Gasteiger partial charge in [0.1, 0.15) is 6.61 Å². The molecule has 0 amide bonds. The Morgan fingerprint density at radius 3 is 2.09 bits per heavy atom. The van der Waals surface area contributed by atoms with Crippen molar-refractivity contribution in [3.8, 4) is 11.5 Å². The molecule has 4 aliphatic rings. The van der Waals surface area contributed by atoms with Crippen molar-refractivity contribution in [2.75, 3.05) is 6.61 Å². The highest BCUT2D eigenvalue weighted by molar-refractivity contribution is 6.36. The fraction of sp³-hybridized carbons (Fsp3) is 0.538. The van der Waals surface area contributed by atoms with E-state index >= 15 is 0 Å². The van der Waals surface area contributed by atoms with E-state index in [1.807, 2.05) is 25.1 Å². The van der Waals surface area contributed by atoms with Gasteiger partial charge in [-0.2, -0.15) is 0 Å². The molecule has 2 aromatic rings. The number of halogens is 3. The third-order valence-electron chi connectivity index (χ3n) is 7.60. The quantitative estimate of drug-likeness (QED) is 0.411. The third kappa shape index (κ3) is 4.59. The van der Waals surface area contributed by atoms with Gasteiger partial charge in [-0.1, -0.05) is 40.9 Å². The van der Waals surface area contributed by atoms with Crippen LogP contribution in [0.5, 0.6) is 11.5 Å². The largest absolute Gasteiger partial charge is 0.490 e. The van der Waals surface area contributed by atoms with Gasteiger partial charge in [0.05, 0.1) is 6.61 Å². The van der Waals surface area contributed by atoms with Gasteiger partial charge in [0.15, 0.2) is 11.5 Å². The van der Waals surface area contributed by atoms with Gasteiger partial charge < -0.3 is 14.8 Å². The van der Waals surface area contributed by atoms with E-state index in [9.17, 15) is 0 Å². The maximum absolute atomic E-state index is 6.69. The fourth-order valence-electron chi connectivity index (χ4n) is 6.40. The molecule has 0 spiro atoms. The Morgan fingerprint density at radius 2 is 1.47 bits per heavy atom. The number of hydrogen-bond acceptors (Lipinski definition) is 3. The Morgan fingerprint density at radius 1 is 0.844 bits per heavy atom. The lowest BCUT2D eigenvalue weighted by molar-refractivity contribution is -0.0142. The van der Waals surface area contributed by atoms with E-state index < -0.39 is 0 Å². The molecule has 6 rings (SSSR count). The molecule has 4 fully saturated rings. The fourth-order valence-corrected chi connectivity index (χ4v) is 7.13. The maximum atomic E-state index is 6.69. The average molecular weight is 495 g/mol. The molecule has 4 saturated carbocycles. The molecule has 0 aromatic heterocycles. The molecule has 0 heterocycles. The van der Waals surface area contributed by atoms with E-state index in [0.717, 1.165) is 41.3 Å². The summed E-state index contributed by atoms with van der Waals surface area (Å²) in [6.45, 7) is 3.52. The lowest BCUT2D eigenvalue weighted by Crippen LogP contribution is -2.54. The second kappa shape index (κ2) is 9.62. The van der Waals surface area contributed by atoms with Crippen LogP contribution in [-0.2, 0) is 13.2 Å². The average Bonchev–Trinajstić information content (AvgIpc) is 2.75. The Balaban J connectivity index is 1.29. The van der Waals surface area contributed by atoms with Crippen LogP contribution < -0.4 is 14.8 Å². The molecular weight excluding hydrogens is 465 g/mol. The standard InChI is InChI=1S/C26H30Cl3NO2/c1-2-31-24-11-19(13-30-26-17-7-15-6-16(9-17)10-18(26)8-15)23(29)12-25(24)32-14-20-21(27)4-3-5-22(20)28/h3-5,11-12,15-18,26,30H,2,6-10,13-14H2,1H3. The summed E-state index contributed by atoms with van der Waals surface area (Å²) in [7, 11) is 0. The number of nitrogens with one attached hydrogen (secondary N) is 1. The van der Waals surface area contributed by atoms with Crippen molar-refractivity contribution in [3.63, 3.8) is 0 Å². The number of ether oxygens (including phenoxy) is 2. The normalized spacial score (nSPS) is 28.2. The molecule has 2 aromatic carbocycles. The van der Waals surface area contributed by atoms with Crippen molar-refractivity contribution in [1.29, 1.82) is 0 Å². The Labute approximate surface area is 205 Å². The summed E-state index contributed by atoms with van der Waals surface area (Å²) in [6.07, 6.45) is 7.09. The highest BCUT2D eigenvalue weighted by Crippen LogP contribution is 2.53. The minimum Gasteiger partial charge on any atom is -0.490 e. The predicted molar refractivity (Wildman–Crippen MR) is 131 cm³/mol. The minimum absolute atomic E-state index is 0.250. The molecule has 6 heteroatoms. The van der Waals surface area contributed by atoms with Crippen LogP contribution in [0.4, 0.5) is 0 Å². The summed E-state index contributed by atoms with van der Waals surface area (Å²) in [6, 6.07) is 9.92. The van der Waals surface area contributed by atoms with Crippen LogP contribution in [0.25, 0.3) is 0 Å². The molecule has 32 heavy (non-hydrogen) atoms. The van der Waals surface area contributed by atoms with Gasteiger partial charge in [-0.25, -0.2) is 0 Å². The van der Waals surface area contributed by atoms with Crippen LogP contribution in [0.1, 0.15) is 50.2 Å². The summed E-state index contributed by atoms with van der Waals surface area (Å²) < 4.78 is 11.9. The summed E-state index contributed by atoms with van der Waals surface area (Å²) in [5, 5.41) is 5.72. The van der Waals surface area contributed by atoms with Crippen LogP contribution in [0, 0.1) is 23.7 Å². The smallest absolute Gasteiger partial charge is 0.163 e. The zero-order valence-electron chi connectivity index (χ0n) is 18.4. The van der Waals surface area contributed by atoms with Crippen LogP contribution in [0.15, 0.2) is 30.3 Å². The van der Waals surface area contributed by atoms with Crippen LogP contribution >= 0.6 is 34.8 Å². The molecule has 1 N–H and O–H groups in total. The second-order valence-electron chi connectivity index (χ2n) is 9.65. The van der Waals surface area contributed by atoms with Crippen LogP contribution in [0.2, 0.25) is 15.1 Å². The van der Waals surface area contributed by atoms with Crippen molar-refractivity contribution in [1.82, 2.24) is 5.32 Å². The van der Waals surface area contributed by atoms with Gasteiger partial charge in [0.2, 0.25) is 0 Å². The van der Waals surface area contributed by atoms with Crippen molar-refractivity contribution in [2.24, 2.45) is 23.7 Å². The molecule has 0 aliphatic heterocycles. The number of hydrogen-bond donors (Lipinski definition) is 1. The lowest BCUT2D eigenvalue weighted by Gasteiger charge is -2.54. The van der Waals surface area contributed by atoms with E-state index in [2.05, 4.69) is 5.32 Å². The van der Waals surface area contributed by atoms with Gasteiger partial charge >= 0.3 is 0 Å². The number of benzene rings is 2. The molecular formula is C26H30Cl3NO2. The Bertz CT molecular complexity index is 932. The second-order valence-corrected chi connectivity index (χ2v) is 10.9. The molecule has 0 unspecified atom stereocenters. The first-order valence-electron chi connectivity index (χ1n) is 11.8. The first kappa shape index (κ1) is 22.7. The van der Waals surface area contributed by atoms with E-state index in [1.54, 1.807) is 12.1 Å². The molecule has 172 valence electrons. The highest BCUT2D eigenvalue weighted by atomic mass is 35.5. The zero-order valence-corrected chi connectivity index (χ0v) is 20.6. The molecule has 0 atom stereocenters. The van der Waals surface area contributed by atoms with Crippen molar-refractivity contribution in [3.05, 3.63) is 56.5 Å². The zero-order chi connectivity index (χ0) is 22.2. The lowest BCUT2D eigenvalue weighted by atomic mass is 9.54. The highest BCUT2D eigenvalue weighted by Gasteiger charge is 2.47. The third-order valence-corrected chi connectivity index (χ3v) is 8.66. The van der Waals surface area contributed by atoms with E-state index in [0.29, 0.717) is 39.2 Å². The van der Waals surface area contributed by atoms with E-state index in [4.69, 9.17) is 44.3 Å². The van der Waals surface area contributed by atoms with E-state index in [-0.39, 0.29) is 6.61 Å². The molecule has 3 nitrogen and oxygen atoms in total. The SMILES string of the molecule is CCOc1cc(CNC2C3CC4CC(C3)CC2C4)c(Cl)cc1OCc1c(Cl)cccc1Cl. The van der Waals surface area contributed by atoms with E-state index in [1.165, 1.54) is 32.1 Å². The predicted octanol–water partition coefficient (Wildman–Crippen LogP) is 7.54. The summed E-state index contributed by atoms with van der Waals surface area (Å²) in [5.41, 5.74) is 1.80. The van der Waals surface area contributed by atoms with Gasteiger partial charge in [0.25, 0.3) is 0 Å². The summed E-state index contributed by atoms with van der Waals surface area (Å²) in [4.78, 5) is 0. The topological polar surface area (TPSA) is 30.5 Å². The Hall–Kier alpha value is -1.13. The molecule has 4 aliphatic carbocycles. The van der Waals surface area contributed by atoms with Gasteiger partial charge in [0, 0.05) is 39.3 Å². The first-order valence-corrected chi connectivity index (χ1v) is 12.9. The Kier molecular flexibility index (Phi) is 6.81. The van der Waals surface area contributed by atoms with Crippen LogP contribution in [0.3, 0.4) is 0 Å². The van der Waals surface area contributed by atoms with Crippen molar-refractivity contribution < 1.29 is 9.47 Å². The van der Waals surface area contributed by atoms with Gasteiger partial charge in [-0.3, -0.25) is 0 Å². The van der Waals surface area contributed by atoms with Crippen molar-refractivity contribution >= 4 is 34.8 Å². The maximum Gasteiger partial charge on any atom is 0.163 e. The van der Waals surface area contributed by atoms with Crippen LogP contribution in [-0.4, -0.2) is 12.6 Å². The molecule has 0 radical (unpaired) electrons. The first-order chi connectivity index (χ1) is 15.5. The summed E-state index contributed by atoms with van der Waals surface area (Å²) >= 11 is 19.3. The minimum atomic E-state index is 0.250.